The molecule has 0 saturated heterocycles. The molecule has 1 rings (SSSR count). The van der Waals surface area contributed by atoms with E-state index in [0.29, 0.717) is 25.3 Å². The van der Waals surface area contributed by atoms with Crippen LogP contribution in [-0.4, -0.2) is 26.0 Å². The molecule has 0 bridgehead atoms. The Morgan fingerprint density at radius 3 is 2.58 bits per heavy atom. The highest BCUT2D eigenvalue weighted by Gasteiger charge is 2.08. The first-order valence-corrected chi connectivity index (χ1v) is 7.17. The highest BCUT2D eigenvalue weighted by atomic mass is 79.9. The molecule has 0 aliphatic carbocycles. The third kappa shape index (κ3) is 5.60. The number of nitrogens with zero attached hydrogens (tertiary/aromatic N) is 1. The summed E-state index contributed by atoms with van der Waals surface area (Å²) in [4.78, 5) is 0. The second-order valence-corrected chi connectivity index (χ2v) is 4.77. The number of halogens is 1. The van der Waals surface area contributed by atoms with Crippen molar-refractivity contribution in [2.45, 2.75) is 26.6 Å². The van der Waals surface area contributed by atoms with E-state index in [9.17, 15) is 0 Å². The van der Waals surface area contributed by atoms with E-state index < -0.39 is 0 Å². The van der Waals surface area contributed by atoms with Crippen LogP contribution in [0.15, 0.2) is 22.7 Å². The van der Waals surface area contributed by atoms with Crippen molar-refractivity contribution in [3.8, 4) is 6.07 Å². The third-order valence-electron chi connectivity index (χ3n) is 2.50. The summed E-state index contributed by atoms with van der Waals surface area (Å²) in [6, 6.07) is 7.70. The molecule has 1 N–H and O–H groups in total. The van der Waals surface area contributed by atoms with Crippen LogP contribution in [0.1, 0.15) is 25.8 Å². The molecule has 0 fully saturated rings. The maximum Gasteiger partial charge on any atom is 0.159 e. The molecule has 104 valence electrons. The van der Waals surface area contributed by atoms with Crippen LogP contribution in [0.3, 0.4) is 0 Å². The van der Waals surface area contributed by atoms with Gasteiger partial charge in [-0.15, -0.1) is 0 Å². The Balaban J connectivity index is 2.52. The van der Waals surface area contributed by atoms with Gasteiger partial charge in [0.05, 0.1) is 11.3 Å². The van der Waals surface area contributed by atoms with Crippen LogP contribution in [-0.2, 0) is 9.47 Å². The standard InChI is InChI=1S/C14H19BrN2O2/c1-3-18-14(19-4-2)7-8-17-13-9-12(15)6-5-11(13)10-16/h5-6,9,14,17H,3-4,7-8H2,1-2H3. The average molecular weight is 327 g/mol. The summed E-state index contributed by atoms with van der Waals surface area (Å²) >= 11 is 3.40. The Bertz CT molecular complexity index is 426. The Morgan fingerprint density at radius 1 is 1.32 bits per heavy atom. The fourth-order valence-electron chi connectivity index (χ4n) is 1.67. The van der Waals surface area contributed by atoms with Crippen molar-refractivity contribution in [1.29, 1.82) is 5.26 Å². The van der Waals surface area contributed by atoms with E-state index in [1.54, 1.807) is 6.07 Å². The highest BCUT2D eigenvalue weighted by molar-refractivity contribution is 9.10. The number of ether oxygens (including phenoxy) is 2. The number of benzene rings is 1. The molecule has 1 aromatic carbocycles. The number of anilines is 1. The summed E-state index contributed by atoms with van der Waals surface area (Å²) in [5, 5.41) is 12.3. The lowest BCUT2D eigenvalue weighted by Gasteiger charge is -2.17. The van der Waals surface area contributed by atoms with Gasteiger partial charge in [-0.25, -0.2) is 0 Å². The van der Waals surface area contributed by atoms with Crippen molar-refractivity contribution < 1.29 is 9.47 Å². The summed E-state index contributed by atoms with van der Waals surface area (Å²) in [7, 11) is 0. The Kier molecular flexibility index (Phi) is 7.49. The minimum atomic E-state index is -0.194. The van der Waals surface area contributed by atoms with Crippen molar-refractivity contribution in [3.63, 3.8) is 0 Å². The number of nitriles is 1. The lowest BCUT2D eigenvalue weighted by molar-refractivity contribution is -0.137. The summed E-state index contributed by atoms with van der Waals surface area (Å²) in [5.74, 6) is 0. The van der Waals surface area contributed by atoms with Crippen molar-refractivity contribution in [1.82, 2.24) is 0 Å². The SMILES string of the molecule is CCOC(CCNc1cc(Br)ccc1C#N)OCC. The first kappa shape index (κ1) is 16.0. The van der Waals surface area contributed by atoms with Gasteiger partial charge in [-0.2, -0.15) is 5.26 Å². The van der Waals surface area contributed by atoms with Crippen LogP contribution in [0.2, 0.25) is 0 Å². The van der Waals surface area contributed by atoms with Gasteiger partial charge in [0.15, 0.2) is 6.29 Å². The van der Waals surface area contributed by atoms with Crippen LogP contribution >= 0.6 is 15.9 Å². The van der Waals surface area contributed by atoms with Gasteiger partial charge in [-0.3, -0.25) is 0 Å². The van der Waals surface area contributed by atoms with Crippen LogP contribution < -0.4 is 5.32 Å². The Labute approximate surface area is 122 Å². The van der Waals surface area contributed by atoms with Gasteiger partial charge >= 0.3 is 0 Å². The van der Waals surface area contributed by atoms with E-state index in [4.69, 9.17) is 14.7 Å². The smallest absolute Gasteiger partial charge is 0.159 e. The zero-order valence-electron chi connectivity index (χ0n) is 11.3. The minimum absolute atomic E-state index is 0.194. The monoisotopic (exact) mass is 326 g/mol. The fraction of sp³-hybridized carbons (Fsp3) is 0.500. The molecule has 1 aromatic rings. The van der Waals surface area contributed by atoms with E-state index in [0.717, 1.165) is 16.6 Å². The van der Waals surface area contributed by atoms with Gasteiger partial charge in [0.25, 0.3) is 0 Å². The fourth-order valence-corrected chi connectivity index (χ4v) is 2.03. The van der Waals surface area contributed by atoms with E-state index in [-0.39, 0.29) is 6.29 Å². The molecule has 0 unspecified atom stereocenters. The maximum absolute atomic E-state index is 9.03. The molecular formula is C14H19BrN2O2. The van der Waals surface area contributed by atoms with Crippen molar-refractivity contribution >= 4 is 21.6 Å². The molecule has 5 heteroatoms. The quantitative estimate of drug-likeness (QED) is 0.742. The van der Waals surface area contributed by atoms with Gasteiger partial charge in [0.2, 0.25) is 0 Å². The number of hydrogen-bond donors (Lipinski definition) is 1. The van der Waals surface area contributed by atoms with Gasteiger partial charge in [-0.05, 0) is 32.0 Å². The zero-order chi connectivity index (χ0) is 14.1. The Hall–Kier alpha value is -1.09. The van der Waals surface area contributed by atoms with Crippen molar-refractivity contribution in [2.24, 2.45) is 0 Å². The summed E-state index contributed by atoms with van der Waals surface area (Å²) in [6.45, 7) is 5.84. The van der Waals surface area contributed by atoms with Gasteiger partial charge in [0.1, 0.15) is 6.07 Å². The highest BCUT2D eigenvalue weighted by Crippen LogP contribution is 2.20. The van der Waals surface area contributed by atoms with E-state index in [1.165, 1.54) is 0 Å². The molecule has 4 nitrogen and oxygen atoms in total. The minimum Gasteiger partial charge on any atom is -0.384 e. The molecule has 0 heterocycles. The predicted octanol–water partition coefficient (Wildman–Crippen LogP) is 3.52. The van der Waals surface area contributed by atoms with Crippen molar-refractivity contribution in [2.75, 3.05) is 25.1 Å². The van der Waals surface area contributed by atoms with Crippen LogP contribution in [0.25, 0.3) is 0 Å². The maximum atomic E-state index is 9.03. The van der Waals surface area contributed by atoms with Crippen LogP contribution in [0, 0.1) is 11.3 Å². The van der Waals surface area contributed by atoms with Gasteiger partial charge in [-0.1, -0.05) is 15.9 Å². The van der Waals surface area contributed by atoms with Crippen LogP contribution in [0.4, 0.5) is 5.69 Å². The molecule has 0 aromatic heterocycles. The molecule has 0 aliphatic rings. The van der Waals surface area contributed by atoms with E-state index in [1.807, 2.05) is 26.0 Å². The predicted molar refractivity (Wildman–Crippen MR) is 79.0 cm³/mol. The molecule has 19 heavy (non-hydrogen) atoms. The second kappa shape index (κ2) is 8.92. The molecule has 0 atom stereocenters. The molecule has 0 radical (unpaired) electrons. The first-order chi connectivity index (χ1) is 9.21. The summed E-state index contributed by atoms with van der Waals surface area (Å²) in [6.07, 6.45) is 0.541. The number of hydrogen-bond acceptors (Lipinski definition) is 4. The molecular weight excluding hydrogens is 308 g/mol. The number of nitrogens with one attached hydrogen (secondary N) is 1. The van der Waals surface area contributed by atoms with E-state index in [2.05, 4.69) is 27.3 Å². The molecule has 0 amide bonds. The average Bonchev–Trinajstić information content (AvgIpc) is 2.39. The zero-order valence-corrected chi connectivity index (χ0v) is 12.9. The molecule has 0 aliphatic heterocycles. The third-order valence-corrected chi connectivity index (χ3v) is 3.00. The lowest BCUT2D eigenvalue weighted by atomic mass is 10.2. The topological polar surface area (TPSA) is 54.3 Å². The van der Waals surface area contributed by atoms with Gasteiger partial charge in [0, 0.05) is 30.7 Å². The van der Waals surface area contributed by atoms with Crippen molar-refractivity contribution in [3.05, 3.63) is 28.2 Å². The normalized spacial score (nSPS) is 10.5. The summed E-state index contributed by atoms with van der Waals surface area (Å²) in [5.41, 5.74) is 1.45. The molecule has 0 saturated carbocycles. The lowest BCUT2D eigenvalue weighted by Crippen LogP contribution is -2.21. The van der Waals surface area contributed by atoms with E-state index >= 15 is 0 Å². The summed E-state index contributed by atoms with van der Waals surface area (Å²) < 4.78 is 11.9. The molecule has 0 spiro atoms. The van der Waals surface area contributed by atoms with Crippen LogP contribution in [0.5, 0.6) is 0 Å². The second-order valence-electron chi connectivity index (χ2n) is 3.86. The van der Waals surface area contributed by atoms with Gasteiger partial charge < -0.3 is 14.8 Å². The number of rotatable bonds is 8. The Morgan fingerprint density at radius 2 is 2.00 bits per heavy atom. The first-order valence-electron chi connectivity index (χ1n) is 6.38. The largest absolute Gasteiger partial charge is 0.384 e.